The number of anilines is 1. The molecule has 2 aromatic rings. The Hall–Kier alpha value is -2.11. The number of nitrogen functional groups attached to an aromatic ring is 1. The number of hydrogen-bond acceptors (Lipinski definition) is 5. The van der Waals surface area contributed by atoms with Gasteiger partial charge < -0.3 is 20.3 Å². The maximum atomic E-state index is 6.09. The number of nitrogens with two attached hydrogens (primary N) is 1. The second kappa shape index (κ2) is 8.83. The zero-order valence-electron chi connectivity index (χ0n) is 16.0. The van der Waals surface area contributed by atoms with Gasteiger partial charge in [0.1, 0.15) is 5.75 Å². The SMILES string of the molecule is CCN(C)Cc1cc(-c2ccc(OC)c(N)c2)cc(CN(C)CC)n1. The summed E-state index contributed by atoms with van der Waals surface area (Å²) in [5.74, 6) is 0.703. The number of aromatic nitrogens is 1. The van der Waals surface area contributed by atoms with E-state index in [1.54, 1.807) is 7.11 Å². The van der Waals surface area contributed by atoms with Crippen LogP contribution in [-0.2, 0) is 13.1 Å². The van der Waals surface area contributed by atoms with Gasteiger partial charge >= 0.3 is 0 Å². The number of ether oxygens (including phenoxy) is 1. The van der Waals surface area contributed by atoms with Gasteiger partial charge in [-0.2, -0.15) is 0 Å². The number of nitrogens with zero attached hydrogens (tertiary/aromatic N) is 3. The maximum Gasteiger partial charge on any atom is 0.141 e. The van der Waals surface area contributed by atoms with Crippen LogP contribution in [0.15, 0.2) is 30.3 Å². The van der Waals surface area contributed by atoms with Crippen molar-refractivity contribution >= 4 is 5.69 Å². The van der Waals surface area contributed by atoms with Crippen molar-refractivity contribution in [1.82, 2.24) is 14.8 Å². The Morgan fingerprint density at radius 2 is 1.48 bits per heavy atom. The zero-order valence-corrected chi connectivity index (χ0v) is 16.0. The third-order valence-electron chi connectivity index (χ3n) is 4.44. The van der Waals surface area contributed by atoms with Crippen molar-refractivity contribution in [2.45, 2.75) is 26.9 Å². The highest BCUT2D eigenvalue weighted by atomic mass is 16.5. The zero-order chi connectivity index (χ0) is 18.4. The summed E-state index contributed by atoms with van der Waals surface area (Å²) in [6.45, 7) is 7.95. The number of methoxy groups -OCH3 is 1. The number of rotatable bonds is 8. The first-order valence-electron chi connectivity index (χ1n) is 8.77. The minimum absolute atomic E-state index is 0.649. The summed E-state index contributed by atoms with van der Waals surface area (Å²) in [5, 5.41) is 0. The lowest BCUT2D eigenvalue weighted by molar-refractivity contribution is 0.331. The Balaban J connectivity index is 2.42. The van der Waals surface area contributed by atoms with Crippen LogP contribution in [0.2, 0.25) is 0 Å². The average Bonchev–Trinajstić information content (AvgIpc) is 2.61. The van der Waals surface area contributed by atoms with E-state index in [1.165, 1.54) is 0 Å². The first kappa shape index (κ1) is 19.2. The van der Waals surface area contributed by atoms with E-state index in [2.05, 4.69) is 49.9 Å². The molecular weight excluding hydrogens is 312 g/mol. The van der Waals surface area contributed by atoms with E-state index in [0.29, 0.717) is 11.4 Å². The van der Waals surface area contributed by atoms with Crippen LogP contribution >= 0.6 is 0 Å². The standard InChI is InChI=1S/C20H30N4O/c1-6-23(3)13-17-10-16(11-18(22-17)14-24(4)7-2)15-8-9-20(25-5)19(21)12-15/h8-12H,6-7,13-14,21H2,1-5H3. The molecule has 0 amide bonds. The number of hydrogen-bond donors (Lipinski definition) is 1. The molecule has 0 aliphatic heterocycles. The highest BCUT2D eigenvalue weighted by Crippen LogP contribution is 2.29. The van der Waals surface area contributed by atoms with E-state index in [4.69, 9.17) is 15.5 Å². The molecule has 1 aromatic heterocycles. The van der Waals surface area contributed by atoms with Crippen LogP contribution < -0.4 is 10.5 Å². The highest BCUT2D eigenvalue weighted by molar-refractivity contribution is 5.71. The van der Waals surface area contributed by atoms with Crippen molar-refractivity contribution in [3.8, 4) is 16.9 Å². The third-order valence-corrected chi connectivity index (χ3v) is 4.44. The van der Waals surface area contributed by atoms with Crippen molar-refractivity contribution in [2.24, 2.45) is 0 Å². The lowest BCUT2D eigenvalue weighted by Gasteiger charge is -2.18. The van der Waals surface area contributed by atoms with E-state index in [-0.39, 0.29) is 0 Å². The summed E-state index contributed by atoms with van der Waals surface area (Å²) in [7, 11) is 5.85. The molecule has 25 heavy (non-hydrogen) atoms. The molecule has 0 bridgehead atoms. The molecule has 1 aromatic carbocycles. The largest absolute Gasteiger partial charge is 0.495 e. The minimum atomic E-state index is 0.649. The van der Waals surface area contributed by atoms with Crippen LogP contribution in [0.1, 0.15) is 25.2 Å². The van der Waals surface area contributed by atoms with Gasteiger partial charge in [0.05, 0.1) is 24.2 Å². The fourth-order valence-corrected chi connectivity index (χ4v) is 2.67. The molecule has 0 aliphatic carbocycles. The van der Waals surface area contributed by atoms with Crippen molar-refractivity contribution in [1.29, 1.82) is 0 Å². The molecule has 2 rings (SSSR count). The molecule has 0 saturated carbocycles. The first-order chi connectivity index (χ1) is 12.0. The highest BCUT2D eigenvalue weighted by Gasteiger charge is 2.10. The smallest absolute Gasteiger partial charge is 0.141 e. The van der Waals surface area contributed by atoms with Crippen LogP contribution in [0.3, 0.4) is 0 Å². The Morgan fingerprint density at radius 3 is 1.92 bits per heavy atom. The summed E-state index contributed by atoms with van der Waals surface area (Å²) in [5.41, 5.74) is 11.1. The minimum Gasteiger partial charge on any atom is -0.495 e. The number of benzene rings is 1. The van der Waals surface area contributed by atoms with Gasteiger partial charge in [-0.05, 0) is 62.6 Å². The Bertz CT molecular complexity index is 672. The van der Waals surface area contributed by atoms with Crippen LogP contribution in [0.5, 0.6) is 5.75 Å². The molecule has 0 unspecified atom stereocenters. The molecular formula is C20H30N4O. The molecule has 0 aliphatic rings. The summed E-state index contributed by atoms with van der Waals surface area (Å²) >= 11 is 0. The molecule has 1 heterocycles. The van der Waals surface area contributed by atoms with Crippen LogP contribution in [-0.4, -0.2) is 49.1 Å². The predicted molar refractivity (Wildman–Crippen MR) is 105 cm³/mol. The van der Waals surface area contributed by atoms with Gasteiger partial charge in [0, 0.05) is 13.1 Å². The van der Waals surface area contributed by atoms with Gasteiger partial charge in [-0.25, -0.2) is 0 Å². The Morgan fingerprint density at radius 1 is 0.920 bits per heavy atom. The fraction of sp³-hybridized carbons (Fsp3) is 0.450. The fourth-order valence-electron chi connectivity index (χ4n) is 2.67. The molecule has 0 atom stereocenters. The van der Waals surface area contributed by atoms with Crippen molar-refractivity contribution in [3.63, 3.8) is 0 Å². The summed E-state index contributed by atoms with van der Waals surface area (Å²) < 4.78 is 5.27. The quantitative estimate of drug-likeness (QED) is 0.746. The van der Waals surface area contributed by atoms with Crippen molar-refractivity contribution in [3.05, 3.63) is 41.7 Å². The van der Waals surface area contributed by atoms with E-state index in [1.807, 2.05) is 18.2 Å². The monoisotopic (exact) mass is 342 g/mol. The van der Waals surface area contributed by atoms with Gasteiger partial charge in [-0.15, -0.1) is 0 Å². The van der Waals surface area contributed by atoms with Gasteiger partial charge in [0.15, 0.2) is 0 Å². The van der Waals surface area contributed by atoms with E-state index < -0.39 is 0 Å². The lowest BCUT2D eigenvalue weighted by Crippen LogP contribution is -2.20. The molecule has 0 spiro atoms. The van der Waals surface area contributed by atoms with Crippen molar-refractivity contribution < 1.29 is 4.74 Å². The molecule has 0 radical (unpaired) electrons. The van der Waals surface area contributed by atoms with Gasteiger partial charge in [0.25, 0.3) is 0 Å². The molecule has 0 fully saturated rings. The predicted octanol–water partition coefficient (Wildman–Crippen LogP) is 3.24. The maximum absolute atomic E-state index is 6.09. The normalized spacial score (nSPS) is 11.3. The summed E-state index contributed by atoms with van der Waals surface area (Å²) in [6, 6.07) is 10.2. The van der Waals surface area contributed by atoms with Crippen molar-refractivity contribution in [2.75, 3.05) is 40.0 Å². The Labute approximate surface area is 151 Å². The summed E-state index contributed by atoms with van der Waals surface area (Å²) in [6.07, 6.45) is 0. The van der Waals surface area contributed by atoms with Gasteiger partial charge in [0.2, 0.25) is 0 Å². The first-order valence-corrected chi connectivity index (χ1v) is 8.77. The second-order valence-corrected chi connectivity index (χ2v) is 6.46. The molecule has 0 saturated heterocycles. The lowest BCUT2D eigenvalue weighted by atomic mass is 10.0. The third kappa shape index (κ3) is 5.18. The topological polar surface area (TPSA) is 54.6 Å². The second-order valence-electron chi connectivity index (χ2n) is 6.46. The van der Waals surface area contributed by atoms with Gasteiger partial charge in [-0.1, -0.05) is 19.9 Å². The van der Waals surface area contributed by atoms with Crippen LogP contribution in [0.25, 0.3) is 11.1 Å². The molecule has 5 heteroatoms. The molecule has 2 N–H and O–H groups in total. The molecule has 136 valence electrons. The van der Waals surface area contributed by atoms with Crippen LogP contribution in [0.4, 0.5) is 5.69 Å². The van der Waals surface area contributed by atoms with E-state index >= 15 is 0 Å². The average molecular weight is 342 g/mol. The summed E-state index contributed by atoms with van der Waals surface area (Å²) in [4.78, 5) is 9.36. The van der Waals surface area contributed by atoms with Gasteiger partial charge in [-0.3, -0.25) is 4.98 Å². The molecule has 5 nitrogen and oxygen atoms in total. The number of pyridine rings is 1. The van der Waals surface area contributed by atoms with E-state index in [0.717, 1.165) is 48.7 Å². The van der Waals surface area contributed by atoms with Crippen LogP contribution in [0, 0.1) is 0 Å². The van der Waals surface area contributed by atoms with E-state index in [9.17, 15) is 0 Å². The Kier molecular flexibility index (Phi) is 6.79.